The van der Waals surface area contributed by atoms with Crippen LogP contribution < -0.4 is 4.74 Å². The summed E-state index contributed by atoms with van der Waals surface area (Å²) in [5, 5.41) is 0. The maximum absolute atomic E-state index is 11.7. The molecule has 0 spiro atoms. The second kappa shape index (κ2) is 8.21. The number of esters is 1. The molecule has 1 aliphatic rings. The third-order valence-corrected chi connectivity index (χ3v) is 4.55. The van der Waals surface area contributed by atoms with Crippen LogP contribution in [-0.4, -0.2) is 37.7 Å². The highest BCUT2D eigenvalue weighted by molar-refractivity contribution is 5.87. The topological polar surface area (TPSA) is 51.9 Å². The van der Waals surface area contributed by atoms with E-state index in [-0.39, 0.29) is 0 Å². The summed E-state index contributed by atoms with van der Waals surface area (Å²) in [5.41, 5.74) is 0.822. The Morgan fingerprint density at radius 2 is 2.12 bits per heavy atom. The van der Waals surface area contributed by atoms with Gasteiger partial charge in [0.05, 0.1) is 20.3 Å². The van der Waals surface area contributed by atoms with Crippen molar-refractivity contribution in [1.82, 2.24) is 4.90 Å². The average Bonchev–Trinajstić information content (AvgIpc) is 3.00. The van der Waals surface area contributed by atoms with E-state index in [1.54, 1.807) is 0 Å². The Bertz CT molecular complexity index is 695. The van der Waals surface area contributed by atoms with E-state index in [2.05, 4.69) is 4.90 Å². The Labute approximate surface area is 148 Å². The number of rotatable bonds is 6. The quantitative estimate of drug-likeness (QED) is 0.749. The molecule has 0 saturated carbocycles. The van der Waals surface area contributed by atoms with Crippen molar-refractivity contribution in [1.29, 1.82) is 0 Å². The van der Waals surface area contributed by atoms with E-state index >= 15 is 0 Å². The molecule has 1 atom stereocenters. The van der Waals surface area contributed by atoms with Gasteiger partial charge in [0.1, 0.15) is 11.5 Å². The molecule has 2 aromatic rings. The summed E-state index contributed by atoms with van der Waals surface area (Å²) in [5.74, 6) is 2.12. The molecule has 1 fully saturated rings. The number of hydrogen-bond donors (Lipinski definition) is 0. The molecule has 3 rings (SSSR count). The number of furan rings is 1. The van der Waals surface area contributed by atoms with Crippen LogP contribution in [0, 0.1) is 12.8 Å². The van der Waals surface area contributed by atoms with E-state index in [1.165, 1.54) is 13.5 Å². The van der Waals surface area contributed by atoms with Crippen molar-refractivity contribution >= 4 is 5.97 Å². The van der Waals surface area contributed by atoms with Crippen molar-refractivity contribution in [2.45, 2.75) is 26.3 Å². The summed E-state index contributed by atoms with van der Waals surface area (Å²) >= 11 is 0. The molecular weight excluding hydrogens is 318 g/mol. The molecule has 25 heavy (non-hydrogen) atoms. The predicted octanol–water partition coefficient (Wildman–Crippen LogP) is 3.67. The molecule has 0 aliphatic carbocycles. The summed E-state index contributed by atoms with van der Waals surface area (Å²) in [6.45, 7) is 5.31. The summed E-state index contributed by atoms with van der Waals surface area (Å²) in [6.07, 6.45) is 2.32. The van der Waals surface area contributed by atoms with Gasteiger partial charge in [0.25, 0.3) is 0 Å². The number of ether oxygens (including phenoxy) is 2. The van der Waals surface area contributed by atoms with Crippen LogP contribution in [0.3, 0.4) is 0 Å². The van der Waals surface area contributed by atoms with Gasteiger partial charge in [-0.2, -0.15) is 0 Å². The molecule has 5 nitrogen and oxygen atoms in total. The van der Waals surface area contributed by atoms with Crippen molar-refractivity contribution in [3.8, 4) is 5.75 Å². The summed E-state index contributed by atoms with van der Waals surface area (Å²) in [7, 11) is 1.37. The third kappa shape index (κ3) is 4.63. The number of benzene rings is 1. The number of hydrogen-bond acceptors (Lipinski definition) is 5. The highest BCUT2D eigenvalue weighted by Gasteiger charge is 2.23. The zero-order chi connectivity index (χ0) is 17.6. The molecular formula is C20H25NO4. The molecule has 0 bridgehead atoms. The van der Waals surface area contributed by atoms with Gasteiger partial charge in [-0.1, -0.05) is 18.2 Å². The predicted molar refractivity (Wildman–Crippen MR) is 94.7 cm³/mol. The zero-order valence-electron chi connectivity index (χ0n) is 14.9. The summed E-state index contributed by atoms with van der Waals surface area (Å²) in [4.78, 5) is 14.0. The molecule has 0 amide bonds. The lowest BCUT2D eigenvalue weighted by atomic mass is 9.99. The molecule has 0 N–H and O–H groups in total. The maximum atomic E-state index is 11.7. The van der Waals surface area contributed by atoms with Gasteiger partial charge < -0.3 is 13.9 Å². The van der Waals surface area contributed by atoms with Gasteiger partial charge in [0.2, 0.25) is 5.76 Å². The highest BCUT2D eigenvalue weighted by atomic mass is 16.5. The van der Waals surface area contributed by atoms with Gasteiger partial charge in [0.15, 0.2) is 0 Å². The van der Waals surface area contributed by atoms with Crippen LogP contribution in [0.1, 0.15) is 34.7 Å². The van der Waals surface area contributed by atoms with Crippen molar-refractivity contribution < 1.29 is 18.7 Å². The molecule has 0 radical (unpaired) electrons. The minimum atomic E-state index is -0.420. The van der Waals surface area contributed by atoms with Crippen LogP contribution in [0.15, 0.2) is 40.8 Å². The highest BCUT2D eigenvalue weighted by Crippen LogP contribution is 2.22. The molecule has 134 valence electrons. The zero-order valence-corrected chi connectivity index (χ0v) is 14.9. The molecule has 1 aliphatic heterocycles. The van der Waals surface area contributed by atoms with E-state index in [0.29, 0.717) is 18.2 Å². The van der Waals surface area contributed by atoms with Crippen LogP contribution in [0.5, 0.6) is 5.75 Å². The largest absolute Gasteiger partial charge is 0.493 e. The van der Waals surface area contributed by atoms with E-state index in [9.17, 15) is 4.79 Å². The van der Waals surface area contributed by atoms with Gasteiger partial charge >= 0.3 is 5.97 Å². The van der Waals surface area contributed by atoms with Crippen molar-refractivity contribution in [3.63, 3.8) is 0 Å². The lowest BCUT2D eigenvalue weighted by Gasteiger charge is -2.32. The second-order valence-electron chi connectivity index (χ2n) is 6.58. The van der Waals surface area contributed by atoms with Crippen LogP contribution >= 0.6 is 0 Å². The average molecular weight is 343 g/mol. The minimum absolute atomic E-state index is 0.304. The fourth-order valence-electron chi connectivity index (χ4n) is 3.30. The number of aryl methyl sites for hydroxylation is 1. The van der Waals surface area contributed by atoms with Gasteiger partial charge in [-0.05, 0) is 44.5 Å². The minimum Gasteiger partial charge on any atom is -0.493 e. The van der Waals surface area contributed by atoms with E-state index in [0.717, 1.165) is 43.2 Å². The third-order valence-electron chi connectivity index (χ3n) is 4.55. The van der Waals surface area contributed by atoms with E-state index in [4.69, 9.17) is 13.9 Å². The van der Waals surface area contributed by atoms with Crippen LogP contribution in [0.4, 0.5) is 0 Å². The molecule has 1 aromatic heterocycles. The van der Waals surface area contributed by atoms with Crippen LogP contribution in [0.25, 0.3) is 0 Å². The molecule has 5 heteroatoms. The van der Waals surface area contributed by atoms with Gasteiger partial charge in [-0.3, -0.25) is 4.90 Å². The molecule has 2 heterocycles. The number of methoxy groups -OCH3 is 1. The number of piperidine rings is 1. The standard InChI is InChI=1S/C20H25NO4/c1-15-11-18(25-19(15)20(22)23-2)13-21-10-6-7-16(12-21)14-24-17-8-4-3-5-9-17/h3-5,8-9,11,16H,6-7,10,12-14H2,1-2H3. The summed E-state index contributed by atoms with van der Waals surface area (Å²) < 4.78 is 16.3. The first-order chi connectivity index (χ1) is 12.2. The van der Waals surface area contributed by atoms with Gasteiger partial charge in [0, 0.05) is 18.0 Å². The smallest absolute Gasteiger partial charge is 0.374 e. The Morgan fingerprint density at radius 1 is 1.32 bits per heavy atom. The first-order valence-corrected chi connectivity index (χ1v) is 8.73. The molecule has 1 saturated heterocycles. The normalized spacial score (nSPS) is 18.1. The SMILES string of the molecule is COC(=O)c1oc(CN2CCCC(COc3ccccc3)C2)cc1C. The maximum Gasteiger partial charge on any atom is 0.374 e. The van der Waals surface area contributed by atoms with Crippen molar-refractivity contribution in [2.75, 3.05) is 26.8 Å². The first-order valence-electron chi connectivity index (χ1n) is 8.73. The Morgan fingerprint density at radius 3 is 2.88 bits per heavy atom. The number of carbonyl (C=O) groups excluding carboxylic acids is 1. The lowest BCUT2D eigenvalue weighted by Crippen LogP contribution is -2.37. The van der Waals surface area contributed by atoms with Gasteiger partial charge in [-0.15, -0.1) is 0 Å². The summed E-state index contributed by atoms with van der Waals surface area (Å²) in [6, 6.07) is 11.9. The number of nitrogens with zero attached hydrogens (tertiary/aromatic N) is 1. The Kier molecular flexibility index (Phi) is 5.76. The monoisotopic (exact) mass is 343 g/mol. The number of likely N-dealkylation sites (tertiary alicyclic amines) is 1. The lowest BCUT2D eigenvalue weighted by molar-refractivity contribution is 0.0558. The van der Waals surface area contributed by atoms with Crippen LogP contribution in [0.2, 0.25) is 0 Å². The number of carbonyl (C=O) groups is 1. The van der Waals surface area contributed by atoms with E-state index < -0.39 is 5.97 Å². The fraction of sp³-hybridized carbons (Fsp3) is 0.450. The van der Waals surface area contributed by atoms with Gasteiger partial charge in [-0.25, -0.2) is 4.79 Å². The second-order valence-corrected chi connectivity index (χ2v) is 6.58. The number of para-hydroxylation sites is 1. The molecule has 1 unspecified atom stereocenters. The Balaban J connectivity index is 1.54. The van der Waals surface area contributed by atoms with E-state index in [1.807, 2.05) is 43.3 Å². The molecule has 1 aromatic carbocycles. The first kappa shape index (κ1) is 17.5. The van der Waals surface area contributed by atoms with Crippen LogP contribution in [-0.2, 0) is 11.3 Å². The van der Waals surface area contributed by atoms with Crippen molar-refractivity contribution in [3.05, 3.63) is 53.5 Å². The fourth-order valence-corrected chi connectivity index (χ4v) is 3.30. The Hall–Kier alpha value is -2.27. The van der Waals surface area contributed by atoms with Crippen molar-refractivity contribution in [2.24, 2.45) is 5.92 Å².